The summed E-state index contributed by atoms with van der Waals surface area (Å²) in [6.07, 6.45) is 0. The van der Waals surface area contributed by atoms with Crippen LogP contribution in [0, 0.1) is 10.8 Å². The lowest BCUT2D eigenvalue weighted by atomic mass is 9.91. The fraction of sp³-hybridized carbons (Fsp3) is 1.00. The first-order valence-corrected chi connectivity index (χ1v) is 12.1. The summed E-state index contributed by atoms with van der Waals surface area (Å²) in [5, 5.41) is 54.2. The summed E-state index contributed by atoms with van der Waals surface area (Å²) < 4.78 is 41.5. The Balaban J connectivity index is 0. The monoisotopic (exact) mass is 512 g/mol. The minimum atomic E-state index is -5.46. The predicted octanol–water partition coefficient (Wildman–Crippen LogP) is -3.76. The average Bonchev–Trinajstić information content (AvgIpc) is 2.59. The SMILES string of the molecule is O=P(O)(O)OP(=O)(O)OP(=O)(O)O.OCC(CO)(CO)COCC(CO)(CO)CO. The van der Waals surface area contributed by atoms with E-state index in [0.29, 0.717) is 0 Å². The molecule has 0 aliphatic carbocycles. The van der Waals surface area contributed by atoms with Gasteiger partial charge in [0.2, 0.25) is 0 Å². The van der Waals surface area contributed by atoms with Crippen LogP contribution in [-0.2, 0) is 27.1 Å². The van der Waals surface area contributed by atoms with Crippen LogP contribution in [0.25, 0.3) is 0 Å². The molecule has 0 heterocycles. The topological polar surface area (TPSA) is 301 Å². The summed E-state index contributed by atoms with van der Waals surface area (Å²) in [5.41, 5.74) is -2.32. The number of phosphoric acid groups is 3. The Morgan fingerprint density at radius 2 is 0.767 bits per heavy atom. The molecule has 0 unspecified atom stereocenters. The highest BCUT2D eigenvalue weighted by Crippen LogP contribution is 2.64. The van der Waals surface area contributed by atoms with Crippen LogP contribution in [0.3, 0.4) is 0 Å². The van der Waals surface area contributed by atoms with Gasteiger partial charge in [0.25, 0.3) is 0 Å². The molecule has 0 atom stereocenters. The molecular formula is C10H27O17P3. The van der Waals surface area contributed by atoms with E-state index in [9.17, 15) is 13.7 Å². The summed E-state index contributed by atoms with van der Waals surface area (Å²) >= 11 is 0. The molecule has 0 aromatic rings. The van der Waals surface area contributed by atoms with Gasteiger partial charge in [-0.05, 0) is 0 Å². The van der Waals surface area contributed by atoms with Gasteiger partial charge in [-0.15, -0.1) is 0 Å². The second-order valence-electron chi connectivity index (χ2n) is 6.05. The molecule has 0 radical (unpaired) electrons. The van der Waals surface area contributed by atoms with Crippen LogP contribution in [-0.4, -0.2) is 108 Å². The van der Waals surface area contributed by atoms with Crippen LogP contribution >= 0.6 is 23.5 Å². The number of rotatable bonds is 14. The summed E-state index contributed by atoms with van der Waals surface area (Å²) in [5.74, 6) is 0. The highest BCUT2D eigenvalue weighted by molar-refractivity contribution is 7.66. The molecule has 0 bridgehead atoms. The van der Waals surface area contributed by atoms with Crippen LogP contribution in [0.1, 0.15) is 0 Å². The maximum absolute atomic E-state index is 10.4. The Bertz CT molecular complexity index is 540. The standard InChI is InChI=1S/C10H22O7.H5O10P3/c11-1-9(2-12,3-13)7-17-8-10(4-14,5-15)6-16;1-11(2,3)9-13(7,8)10-12(4,5)6/h11-16H,1-8H2;(H,7,8)(H2,1,2,3)(H2,4,5,6). The zero-order valence-corrected chi connectivity index (χ0v) is 18.1. The van der Waals surface area contributed by atoms with Gasteiger partial charge in [-0.25, -0.2) is 13.7 Å². The molecule has 184 valence electrons. The first-order chi connectivity index (χ1) is 13.5. The number of hydrogen-bond acceptors (Lipinski definition) is 12. The van der Waals surface area contributed by atoms with E-state index in [1.807, 2.05) is 0 Å². The lowest BCUT2D eigenvalue weighted by molar-refractivity contribution is -0.103. The third kappa shape index (κ3) is 14.2. The molecule has 0 aromatic heterocycles. The summed E-state index contributed by atoms with van der Waals surface area (Å²) in [6, 6.07) is 0. The van der Waals surface area contributed by atoms with Gasteiger partial charge in [0, 0.05) is 0 Å². The number of ether oxygens (including phenoxy) is 1. The minimum absolute atomic E-state index is 0.141. The minimum Gasteiger partial charge on any atom is -0.396 e. The molecule has 0 fully saturated rings. The van der Waals surface area contributed by atoms with Gasteiger partial charge < -0.3 is 59.8 Å². The van der Waals surface area contributed by atoms with Gasteiger partial charge >= 0.3 is 23.5 Å². The maximum Gasteiger partial charge on any atom is 0.490 e. The lowest BCUT2D eigenvalue weighted by Crippen LogP contribution is -2.43. The van der Waals surface area contributed by atoms with Gasteiger partial charge in [-0.3, -0.25) is 0 Å². The van der Waals surface area contributed by atoms with E-state index in [1.54, 1.807) is 0 Å². The van der Waals surface area contributed by atoms with Crippen molar-refractivity contribution in [2.75, 3.05) is 52.9 Å². The Morgan fingerprint density at radius 1 is 0.533 bits per heavy atom. The van der Waals surface area contributed by atoms with Crippen molar-refractivity contribution < 1.29 is 82.2 Å². The molecule has 20 heteroatoms. The maximum atomic E-state index is 10.4. The van der Waals surface area contributed by atoms with Gasteiger partial charge in [0.15, 0.2) is 0 Å². The second-order valence-corrected chi connectivity index (χ2v) is 10.3. The zero-order chi connectivity index (χ0) is 24.3. The van der Waals surface area contributed by atoms with Gasteiger partial charge in [0.1, 0.15) is 0 Å². The molecule has 30 heavy (non-hydrogen) atoms. The van der Waals surface area contributed by atoms with E-state index in [2.05, 4.69) is 8.62 Å². The zero-order valence-electron chi connectivity index (χ0n) is 15.4. The van der Waals surface area contributed by atoms with E-state index in [0.717, 1.165) is 0 Å². The average molecular weight is 512 g/mol. The Hall–Kier alpha value is 0.130. The van der Waals surface area contributed by atoms with Gasteiger partial charge in [-0.2, -0.15) is 8.62 Å². The van der Waals surface area contributed by atoms with Crippen molar-refractivity contribution in [2.45, 2.75) is 0 Å². The number of aliphatic hydroxyl groups excluding tert-OH is 6. The van der Waals surface area contributed by atoms with E-state index in [4.69, 9.17) is 59.8 Å². The summed E-state index contributed by atoms with van der Waals surface area (Å²) in [4.78, 5) is 40.2. The van der Waals surface area contributed by atoms with E-state index >= 15 is 0 Å². The van der Waals surface area contributed by atoms with Gasteiger partial charge in [-0.1, -0.05) is 0 Å². The second kappa shape index (κ2) is 13.6. The Labute approximate surface area is 170 Å². The highest BCUT2D eigenvalue weighted by atomic mass is 31.3. The Morgan fingerprint density at radius 3 is 0.933 bits per heavy atom. The van der Waals surface area contributed by atoms with Crippen LogP contribution < -0.4 is 0 Å². The molecule has 0 aliphatic rings. The van der Waals surface area contributed by atoms with Crippen LogP contribution in [0.2, 0.25) is 0 Å². The first-order valence-electron chi connectivity index (χ1n) is 7.58. The smallest absolute Gasteiger partial charge is 0.396 e. The van der Waals surface area contributed by atoms with E-state index < -0.39 is 73.9 Å². The molecule has 0 aliphatic heterocycles. The molecule has 0 amide bonds. The normalized spacial score (nSPS) is 13.7. The molecule has 0 spiro atoms. The highest BCUT2D eigenvalue weighted by Gasteiger charge is 2.38. The van der Waals surface area contributed by atoms with Crippen molar-refractivity contribution in [3.63, 3.8) is 0 Å². The molecule has 0 rings (SSSR count). The van der Waals surface area contributed by atoms with E-state index in [1.165, 1.54) is 0 Å². The largest absolute Gasteiger partial charge is 0.490 e. The third-order valence-corrected chi connectivity index (χ3v) is 6.60. The van der Waals surface area contributed by atoms with Crippen molar-refractivity contribution in [3.05, 3.63) is 0 Å². The first kappa shape index (κ1) is 32.3. The fourth-order valence-electron chi connectivity index (χ4n) is 1.34. The molecule has 11 N–H and O–H groups in total. The molecule has 0 aromatic carbocycles. The van der Waals surface area contributed by atoms with Crippen LogP contribution in [0.15, 0.2) is 0 Å². The number of aliphatic hydroxyl groups is 6. The predicted molar refractivity (Wildman–Crippen MR) is 94.3 cm³/mol. The van der Waals surface area contributed by atoms with Crippen molar-refractivity contribution >= 4 is 23.5 Å². The van der Waals surface area contributed by atoms with Crippen LogP contribution in [0.4, 0.5) is 0 Å². The lowest BCUT2D eigenvalue weighted by Gasteiger charge is -2.31. The quantitative estimate of drug-likeness (QED) is 0.0995. The number of hydrogen-bond donors (Lipinski definition) is 11. The Kier molecular flexibility index (Phi) is 14.7. The molecule has 0 saturated carbocycles. The van der Waals surface area contributed by atoms with Crippen molar-refractivity contribution in [2.24, 2.45) is 10.8 Å². The summed E-state index contributed by atoms with van der Waals surface area (Å²) in [6.45, 7) is -3.01. The molecule has 0 saturated heterocycles. The molecule has 17 nitrogen and oxygen atoms in total. The van der Waals surface area contributed by atoms with Gasteiger partial charge in [0.05, 0.1) is 63.7 Å². The fourth-order valence-corrected chi connectivity index (χ4v) is 3.88. The van der Waals surface area contributed by atoms with Crippen molar-refractivity contribution in [1.82, 2.24) is 0 Å². The summed E-state index contributed by atoms with van der Waals surface area (Å²) in [7, 11) is -16.2. The van der Waals surface area contributed by atoms with E-state index in [-0.39, 0.29) is 13.2 Å². The van der Waals surface area contributed by atoms with Crippen molar-refractivity contribution in [3.8, 4) is 0 Å². The van der Waals surface area contributed by atoms with Crippen molar-refractivity contribution in [1.29, 1.82) is 0 Å². The van der Waals surface area contributed by atoms with Crippen LogP contribution in [0.5, 0.6) is 0 Å². The third-order valence-electron chi connectivity index (χ3n) is 3.25. The molecular weight excluding hydrogens is 485 g/mol.